The molecule has 1 aromatic carbocycles. The van der Waals surface area contributed by atoms with Gasteiger partial charge in [0.1, 0.15) is 18.1 Å². The minimum Gasteiger partial charge on any atom is -0.481 e. The zero-order chi connectivity index (χ0) is 28.4. The third-order valence-electron chi connectivity index (χ3n) is 5.54. The molecule has 0 saturated heterocycles. The number of aromatic amines is 1. The smallest absolute Gasteiger partial charge is 0.326 e. The molecule has 206 valence electrons. The number of fused-ring (bicyclic) bond motifs is 1. The third kappa shape index (κ3) is 8.77. The van der Waals surface area contributed by atoms with Crippen LogP contribution in [-0.2, 0) is 35.2 Å². The SMILES string of the molecule is NC(CC(=O)O)C(=O)NC(CS)C(=O)NC(CCC(=O)O)C(=O)NC(Cc1c[nH]c2ccccc12)C(=O)O. The maximum Gasteiger partial charge on any atom is 0.326 e. The van der Waals surface area contributed by atoms with Gasteiger partial charge >= 0.3 is 17.9 Å². The van der Waals surface area contributed by atoms with Crippen molar-refractivity contribution in [1.29, 1.82) is 0 Å². The molecule has 0 aliphatic carbocycles. The topological polar surface area (TPSA) is 241 Å². The molecular weight excluding hydrogens is 522 g/mol. The second-order valence-corrected chi connectivity index (χ2v) is 8.77. The van der Waals surface area contributed by atoms with Gasteiger partial charge in [-0.3, -0.25) is 24.0 Å². The average molecular weight is 552 g/mol. The molecule has 1 heterocycles. The molecule has 0 aliphatic rings. The van der Waals surface area contributed by atoms with E-state index < -0.39 is 72.6 Å². The van der Waals surface area contributed by atoms with Gasteiger partial charge in [0.05, 0.1) is 12.5 Å². The molecular formula is C23H29N5O9S. The van der Waals surface area contributed by atoms with Crippen LogP contribution in [-0.4, -0.2) is 85.9 Å². The predicted octanol–water partition coefficient (Wildman–Crippen LogP) is -1.15. The average Bonchev–Trinajstić information content (AvgIpc) is 3.26. The van der Waals surface area contributed by atoms with E-state index in [1.54, 1.807) is 30.5 Å². The quantitative estimate of drug-likeness (QED) is 0.120. The molecule has 38 heavy (non-hydrogen) atoms. The van der Waals surface area contributed by atoms with Crippen molar-refractivity contribution in [3.63, 3.8) is 0 Å². The van der Waals surface area contributed by atoms with Gasteiger partial charge in [0.15, 0.2) is 0 Å². The fourth-order valence-corrected chi connectivity index (χ4v) is 3.81. The van der Waals surface area contributed by atoms with Gasteiger partial charge in [-0.15, -0.1) is 0 Å². The number of para-hydroxylation sites is 1. The zero-order valence-electron chi connectivity index (χ0n) is 20.0. The standard InChI is InChI=1S/C23H29N5O9S/c24-13(8-19(31)32)20(33)28-17(10-38)22(35)26-15(5-6-18(29)30)21(34)27-16(23(36)37)7-11-9-25-14-4-2-1-3-12(11)14/h1-4,9,13,15-17,25,38H,5-8,10,24H2,(H,26,35)(H,27,34)(H,28,33)(H,29,30)(H,31,32)(H,36,37). The lowest BCUT2D eigenvalue weighted by Crippen LogP contribution is -2.58. The van der Waals surface area contributed by atoms with E-state index in [0.29, 0.717) is 5.56 Å². The second kappa shape index (κ2) is 14.0. The largest absolute Gasteiger partial charge is 0.481 e. The van der Waals surface area contributed by atoms with E-state index in [4.69, 9.17) is 15.9 Å². The van der Waals surface area contributed by atoms with Gasteiger partial charge < -0.3 is 42.0 Å². The van der Waals surface area contributed by atoms with Gasteiger partial charge in [0.25, 0.3) is 0 Å². The summed E-state index contributed by atoms with van der Waals surface area (Å²) in [4.78, 5) is 74.6. The molecule has 0 saturated carbocycles. The number of thiol groups is 1. The van der Waals surface area contributed by atoms with Crippen molar-refractivity contribution in [2.45, 2.75) is 49.9 Å². The normalized spacial score (nSPS) is 14.1. The van der Waals surface area contributed by atoms with Crippen LogP contribution in [0.4, 0.5) is 0 Å². The van der Waals surface area contributed by atoms with E-state index in [1.165, 1.54) is 0 Å². The number of aliphatic carboxylic acids is 3. The Morgan fingerprint density at radius 1 is 0.868 bits per heavy atom. The van der Waals surface area contributed by atoms with E-state index in [9.17, 15) is 33.9 Å². The Hall–Kier alpha value is -4.11. The van der Waals surface area contributed by atoms with Gasteiger partial charge in [-0.25, -0.2) is 4.79 Å². The Morgan fingerprint density at radius 2 is 1.47 bits per heavy atom. The molecule has 0 fully saturated rings. The van der Waals surface area contributed by atoms with Crippen molar-refractivity contribution in [2.75, 3.05) is 5.75 Å². The van der Waals surface area contributed by atoms with Crippen molar-refractivity contribution < 1.29 is 44.1 Å². The number of rotatable bonds is 15. The minimum atomic E-state index is -1.46. The number of nitrogens with one attached hydrogen (secondary N) is 4. The summed E-state index contributed by atoms with van der Waals surface area (Å²) < 4.78 is 0. The van der Waals surface area contributed by atoms with Crippen LogP contribution in [0, 0.1) is 0 Å². The Morgan fingerprint density at radius 3 is 2.08 bits per heavy atom. The first-order chi connectivity index (χ1) is 17.9. The number of hydrogen-bond donors (Lipinski definition) is 9. The monoisotopic (exact) mass is 551 g/mol. The first-order valence-electron chi connectivity index (χ1n) is 11.4. The lowest BCUT2D eigenvalue weighted by molar-refractivity contribution is -0.143. The Bertz CT molecular complexity index is 1200. The lowest BCUT2D eigenvalue weighted by Gasteiger charge is -2.24. The number of hydrogen-bond acceptors (Lipinski definition) is 8. The summed E-state index contributed by atoms with van der Waals surface area (Å²) in [6, 6.07) is 1.51. The first-order valence-corrected chi connectivity index (χ1v) is 12.0. The summed E-state index contributed by atoms with van der Waals surface area (Å²) in [5.74, 6) is -7.01. The van der Waals surface area contributed by atoms with Crippen LogP contribution < -0.4 is 21.7 Å². The summed E-state index contributed by atoms with van der Waals surface area (Å²) in [5, 5.41) is 35.1. The molecule has 0 bridgehead atoms. The van der Waals surface area contributed by atoms with Crippen molar-refractivity contribution in [1.82, 2.24) is 20.9 Å². The molecule has 0 spiro atoms. The van der Waals surface area contributed by atoms with Crippen LogP contribution in [0.25, 0.3) is 10.9 Å². The highest BCUT2D eigenvalue weighted by Crippen LogP contribution is 2.19. The molecule has 2 aromatic rings. The van der Waals surface area contributed by atoms with E-state index in [1.807, 2.05) is 0 Å². The highest BCUT2D eigenvalue weighted by Gasteiger charge is 2.31. The molecule has 4 unspecified atom stereocenters. The predicted molar refractivity (Wildman–Crippen MR) is 136 cm³/mol. The number of carboxylic acid groups (broad SMARTS) is 3. The number of benzene rings is 1. The Labute approximate surface area is 221 Å². The van der Waals surface area contributed by atoms with Gasteiger partial charge in [0, 0.05) is 35.7 Å². The van der Waals surface area contributed by atoms with E-state index in [0.717, 1.165) is 10.9 Å². The van der Waals surface area contributed by atoms with Gasteiger partial charge in [0.2, 0.25) is 17.7 Å². The van der Waals surface area contributed by atoms with E-state index in [-0.39, 0.29) is 18.6 Å². The number of aromatic nitrogens is 1. The first kappa shape index (κ1) is 30.1. The number of H-pyrrole nitrogens is 1. The summed E-state index contributed by atoms with van der Waals surface area (Å²) in [7, 11) is 0. The van der Waals surface area contributed by atoms with Crippen molar-refractivity contribution >= 4 is 59.2 Å². The Balaban J connectivity index is 2.14. The maximum atomic E-state index is 13.0. The molecule has 4 atom stereocenters. The summed E-state index contributed by atoms with van der Waals surface area (Å²) >= 11 is 3.98. The van der Waals surface area contributed by atoms with Crippen LogP contribution in [0.1, 0.15) is 24.8 Å². The molecule has 2 rings (SSSR count). The number of nitrogens with two attached hydrogens (primary N) is 1. The summed E-state index contributed by atoms with van der Waals surface area (Å²) in [5.41, 5.74) is 6.88. The highest BCUT2D eigenvalue weighted by atomic mass is 32.1. The summed E-state index contributed by atoms with van der Waals surface area (Å²) in [6.07, 6.45) is -0.0750. The molecule has 3 amide bonds. The van der Waals surface area contributed by atoms with E-state index in [2.05, 4.69) is 33.6 Å². The molecule has 14 nitrogen and oxygen atoms in total. The van der Waals surface area contributed by atoms with Crippen LogP contribution >= 0.6 is 12.6 Å². The molecule has 9 N–H and O–H groups in total. The zero-order valence-corrected chi connectivity index (χ0v) is 20.9. The highest BCUT2D eigenvalue weighted by molar-refractivity contribution is 7.80. The second-order valence-electron chi connectivity index (χ2n) is 8.40. The molecule has 0 aliphatic heterocycles. The van der Waals surface area contributed by atoms with Gasteiger partial charge in [-0.2, -0.15) is 12.6 Å². The van der Waals surface area contributed by atoms with Gasteiger partial charge in [-0.05, 0) is 18.1 Å². The molecule has 15 heteroatoms. The Kier molecular flexibility index (Phi) is 11.1. The lowest BCUT2D eigenvalue weighted by atomic mass is 10.0. The minimum absolute atomic E-state index is 0.0958. The fourth-order valence-electron chi connectivity index (χ4n) is 3.56. The number of carbonyl (C=O) groups is 6. The van der Waals surface area contributed by atoms with Crippen LogP contribution in [0.3, 0.4) is 0 Å². The van der Waals surface area contributed by atoms with Crippen LogP contribution in [0.5, 0.6) is 0 Å². The van der Waals surface area contributed by atoms with Crippen LogP contribution in [0.2, 0.25) is 0 Å². The number of carbonyl (C=O) groups excluding carboxylic acids is 3. The maximum absolute atomic E-state index is 13.0. The van der Waals surface area contributed by atoms with E-state index >= 15 is 0 Å². The van der Waals surface area contributed by atoms with Crippen molar-refractivity contribution in [3.05, 3.63) is 36.0 Å². The third-order valence-corrected chi connectivity index (χ3v) is 5.91. The van der Waals surface area contributed by atoms with Crippen LogP contribution in [0.15, 0.2) is 30.5 Å². The summed E-state index contributed by atoms with van der Waals surface area (Å²) in [6.45, 7) is 0. The van der Waals surface area contributed by atoms with Crippen molar-refractivity contribution in [3.8, 4) is 0 Å². The van der Waals surface area contributed by atoms with Crippen molar-refractivity contribution in [2.24, 2.45) is 5.73 Å². The molecule has 1 aromatic heterocycles. The number of carboxylic acids is 3. The number of amides is 3. The molecule has 0 radical (unpaired) electrons. The van der Waals surface area contributed by atoms with Gasteiger partial charge in [-0.1, -0.05) is 18.2 Å². The fraction of sp³-hybridized carbons (Fsp3) is 0.391.